The molecule has 0 radical (unpaired) electrons. The van der Waals surface area contributed by atoms with Crippen LogP contribution in [-0.4, -0.2) is 13.1 Å². The molecule has 15 heavy (non-hydrogen) atoms. The Labute approximate surface area is 110 Å². The molecule has 0 atom stereocenters. The van der Waals surface area contributed by atoms with Crippen LogP contribution in [-0.2, 0) is 0 Å². The topological polar surface area (TPSA) is 80.5 Å². The van der Waals surface area contributed by atoms with E-state index in [-0.39, 0.29) is 29.6 Å². The molecule has 0 spiro atoms. The van der Waals surface area contributed by atoms with Gasteiger partial charge in [-0.05, 0) is 12.1 Å². The monoisotopic (exact) mass is 213 g/mol. The third-order valence-electron chi connectivity index (χ3n) is 1.47. The predicted octanol–water partition coefficient (Wildman–Crippen LogP) is -2.88. The normalized spacial score (nSPS) is 9.73. The molecule has 0 heterocycles. The van der Waals surface area contributed by atoms with Crippen LogP contribution in [0.4, 0.5) is 5.69 Å². The number of nitrogens with one attached hydrogen (secondary N) is 1. The summed E-state index contributed by atoms with van der Waals surface area (Å²) in [6, 6.07) is 6.08. The molecule has 0 saturated carbocycles. The molecule has 0 saturated heterocycles. The Morgan fingerprint density at radius 1 is 1.53 bits per heavy atom. The van der Waals surface area contributed by atoms with E-state index in [4.69, 9.17) is 10.00 Å². The average Bonchev–Trinajstić information content (AvgIpc) is 2.19. The van der Waals surface area contributed by atoms with Gasteiger partial charge in [0.15, 0.2) is 6.19 Å². The van der Waals surface area contributed by atoms with E-state index in [2.05, 4.69) is 4.99 Å². The van der Waals surface area contributed by atoms with Crippen LogP contribution >= 0.6 is 0 Å². The van der Waals surface area contributed by atoms with E-state index in [1.165, 1.54) is 13.3 Å². The number of amidine groups is 1. The van der Waals surface area contributed by atoms with Crippen molar-refractivity contribution in [3.63, 3.8) is 0 Å². The van der Waals surface area contributed by atoms with E-state index in [0.29, 0.717) is 11.4 Å². The van der Waals surface area contributed by atoms with Gasteiger partial charge in [-0.25, -0.2) is 4.99 Å². The third kappa shape index (κ3) is 4.21. The number of rotatable bonds is 2. The van der Waals surface area contributed by atoms with Gasteiger partial charge in [0.2, 0.25) is 0 Å². The van der Waals surface area contributed by atoms with E-state index < -0.39 is 6.02 Å². The van der Waals surface area contributed by atoms with Crippen LogP contribution in [0, 0.1) is 11.5 Å². The van der Waals surface area contributed by atoms with Crippen LogP contribution < -0.4 is 44.7 Å². The van der Waals surface area contributed by atoms with E-state index >= 15 is 0 Å². The number of hydrogen-bond donors (Lipinski definition) is 1. The summed E-state index contributed by atoms with van der Waals surface area (Å²) in [5.41, 5.74) is 0.391. The summed E-state index contributed by atoms with van der Waals surface area (Å²) < 4.78 is 4.97. The van der Waals surface area contributed by atoms with Gasteiger partial charge in [-0.1, -0.05) is 12.1 Å². The minimum atomic E-state index is -0.711. The summed E-state index contributed by atoms with van der Waals surface area (Å²) >= 11 is 0. The van der Waals surface area contributed by atoms with Crippen molar-refractivity contribution in [1.82, 2.24) is 5.32 Å². The maximum atomic E-state index is 10.9. The van der Waals surface area contributed by atoms with Crippen molar-refractivity contribution < 1.29 is 39.4 Å². The summed E-state index contributed by atoms with van der Waals surface area (Å²) in [7, 11) is 1.48. The van der Waals surface area contributed by atoms with Crippen molar-refractivity contribution in [1.29, 1.82) is 5.26 Å². The van der Waals surface area contributed by atoms with E-state index in [9.17, 15) is 5.11 Å². The van der Waals surface area contributed by atoms with Crippen LogP contribution in [0.25, 0.3) is 0 Å². The first-order chi connectivity index (χ1) is 6.77. The van der Waals surface area contributed by atoms with E-state index in [0.717, 1.165) is 0 Å². The first-order valence-electron chi connectivity index (χ1n) is 3.81. The fourth-order valence-electron chi connectivity index (χ4n) is 0.907. The first kappa shape index (κ1) is 13.8. The van der Waals surface area contributed by atoms with Crippen molar-refractivity contribution in [3.05, 3.63) is 24.3 Å². The van der Waals surface area contributed by atoms with Gasteiger partial charge >= 0.3 is 29.6 Å². The number of benzene rings is 1. The van der Waals surface area contributed by atoms with Gasteiger partial charge in [-0.15, -0.1) is 0 Å². The molecule has 1 aromatic rings. The maximum Gasteiger partial charge on any atom is 1.00 e. The largest absolute Gasteiger partial charge is 1.00 e. The van der Waals surface area contributed by atoms with Gasteiger partial charge in [0, 0.05) is 0 Å². The number of aliphatic imine (C=N–C) groups is 1. The molecule has 0 amide bonds. The quantitative estimate of drug-likeness (QED) is 0.188. The summed E-state index contributed by atoms with van der Waals surface area (Å²) in [6.45, 7) is 0. The molecule has 1 rings (SSSR count). The molecule has 0 aliphatic carbocycles. The molecule has 1 aromatic carbocycles. The Morgan fingerprint density at radius 2 is 2.20 bits per heavy atom. The van der Waals surface area contributed by atoms with Crippen molar-refractivity contribution in [2.24, 2.45) is 4.99 Å². The summed E-state index contributed by atoms with van der Waals surface area (Å²) in [6.07, 6.45) is 1.49. The van der Waals surface area contributed by atoms with Crippen LogP contribution in [0.5, 0.6) is 5.75 Å². The van der Waals surface area contributed by atoms with Gasteiger partial charge in [-0.3, -0.25) is 5.32 Å². The molecular weight excluding hydrogens is 205 g/mol. The van der Waals surface area contributed by atoms with Gasteiger partial charge in [0.05, 0.1) is 13.1 Å². The molecule has 6 heteroatoms. The van der Waals surface area contributed by atoms with E-state index in [1.807, 2.05) is 5.32 Å². The molecule has 0 aliphatic heterocycles. The molecule has 72 valence electrons. The van der Waals surface area contributed by atoms with Crippen LogP contribution in [0.1, 0.15) is 0 Å². The Kier molecular flexibility index (Phi) is 6.54. The standard InChI is InChI=1S/C9H9N3O2.Na/c1-14-8-5-3-2-4-7(8)12-9(13)11-6-10;/h2-5H,1H3,(H2,11,12,13);/q;+1/p-1. The van der Waals surface area contributed by atoms with Gasteiger partial charge in [-0.2, -0.15) is 5.26 Å². The molecule has 0 aliphatic rings. The molecule has 1 N–H and O–H groups in total. The third-order valence-corrected chi connectivity index (χ3v) is 1.47. The van der Waals surface area contributed by atoms with Crippen LogP contribution in [0.15, 0.2) is 29.3 Å². The van der Waals surface area contributed by atoms with Crippen molar-refractivity contribution in [2.45, 2.75) is 0 Å². The van der Waals surface area contributed by atoms with Crippen molar-refractivity contribution in [2.75, 3.05) is 7.11 Å². The van der Waals surface area contributed by atoms with Crippen molar-refractivity contribution >= 4 is 11.7 Å². The molecule has 0 aromatic heterocycles. The smallest absolute Gasteiger partial charge is 0.845 e. The molecule has 0 unspecified atom stereocenters. The number of ether oxygens (including phenoxy) is 1. The minimum absolute atomic E-state index is 0. The Balaban J connectivity index is 0.00000196. The Morgan fingerprint density at radius 3 is 2.80 bits per heavy atom. The Bertz CT molecular complexity index is 387. The molecule has 5 nitrogen and oxygen atoms in total. The van der Waals surface area contributed by atoms with E-state index in [1.54, 1.807) is 24.3 Å². The molecular formula is C9H8N3NaO2. The van der Waals surface area contributed by atoms with Crippen molar-refractivity contribution in [3.8, 4) is 11.9 Å². The van der Waals surface area contributed by atoms with Crippen LogP contribution in [0.3, 0.4) is 0 Å². The number of nitrogens with zero attached hydrogens (tertiary/aromatic N) is 2. The summed E-state index contributed by atoms with van der Waals surface area (Å²) in [4.78, 5) is 3.62. The zero-order valence-electron chi connectivity index (χ0n) is 8.52. The Hall–Kier alpha value is -1.22. The second kappa shape index (κ2) is 7.12. The minimum Gasteiger partial charge on any atom is -0.845 e. The predicted molar refractivity (Wildman–Crippen MR) is 48.8 cm³/mol. The molecule has 0 bridgehead atoms. The van der Waals surface area contributed by atoms with Gasteiger partial charge in [0.25, 0.3) is 0 Å². The molecule has 0 fully saturated rings. The zero-order valence-corrected chi connectivity index (χ0v) is 10.5. The fraction of sp³-hybridized carbons (Fsp3) is 0.111. The first-order valence-corrected chi connectivity index (χ1v) is 3.81. The number of para-hydroxylation sites is 2. The zero-order chi connectivity index (χ0) is 10.4. The second-order valence-electron chi connectivity index (χ2n) is 2.33. The van der Waals surface area contributed by atoms with Gasteiger partial charge in [0.1, 0.15) is 11.4 Å². The summed E-state index contributed by atoms with van der Waals surface area (Å²) in [5.74, 6) is 0.487. The second-order valence-corrected chi connectivity index (χ2v) is 2.33. The van der Waals surface area contributed by atoms with Gasteiger partial charge < -0.3 is 9.84 Å². The maximum absolute atomic E-state index is 10.9. The number of hydrogen-bond acceptors (Lipinski definition) is 4. The summed E-state index contributed by atoms with van der Waals surface area (Å²) in [5, 5.41) is 21.0. The van der Waals surface area contributed by atoms with Crippen LogP contribution in [0.2, 0.25) is 0 Å². The number of methoxy groups -OCH3 is 1. The SMILES string of the molecule is COc1ccccc1N=C([O-])NC#N.[Na+]. The average molecular weight is 213 g/mol. The fourth-order valence-corrected chi connectivity index (χ4v) is 0.907. The number of nitriles is 1.